The van der Waals surface area contributed by atoms with Gasteiger partial charge in [0.2, 0.25) is 0 Å². The van der Waals surface area contributed by atoms with Gasteiger partial charge in [0.05, 0.1) is 6.61 Å². The number of benzene rings is 2. The van der Waals surface area contributed by atoms with Crippen LogP contribution in [0.25, 0.3) is 11.1 Å². The van der Waals surface area contributed by atoms with Crippen molar-refractivity contribution in [3.05, 3.63) is 88.2 Å². The highest BCUT2D eigenvalue weighted by Gasteiger charge is 2.42. The molecule has 0 spiro atoms. The molecule has 3 nitrogen and oxygen atoms in total. The molecule has 1 atom stereocenters. The fraction of sp³-hybridized carbons (Fsp3) is 0.370. The van der Waals surface area contributed by atoms with Crippen LogP contribution in [0.5, 0.6) is 0 Å². The fourth-order valence-corrected chi connectivity index (χ4v) is 4.50. The van der Waals surface area contributed by atoms with Crippen LogP contribution in [0, 0.1) is 0 Å². The number of pyridine rings is 1. The third kappa shape index (κ3) is 6.38. The van der Waals surface area contributed by atoms with E-state index in [2.05, 4.69) is 4.98 Å². The second-order valence-corrected chi connectivity index (χ2v) is 14.4. The summed E-state index contributed by atoms with van der Waals surface area (Å²) in [6, 6.07) is 14.5. The number of nitrogens with zero attached hydrogens (tertiary/aromatic N) is 1. The zero-order valence-electron chi connectivity index (χ0n) is 20.8. The number of halogens is 5. The quantitative estimate of drug-likeness (QED) is 0.239. The summed E-state index contributed by atoms with van der Waals surface area (Å²) in [5, 5.41) is 11.3. The predicted octanol–water partition coefficient (Wildman–Crippen LogP) is 8.26. The van der Waals surface area contributed by atoms with E-state index in [9.17, 15) is 27.1 Å². The zero-order chi connectivity index (χ0) is 26.8. The fourth-order valence-electron chi connectivity index (χ4n) is 3.92. The number of hydrogen-bond donors (Lipinski definition) is 1. The molecule has 0 radical (unpaired) electrons. The van der Waals surface area contributed by atoms with Gasteiger partial charge >= 0.3 is 6.18 Å². The monoisotopic (exact) mass is 523 g/mol. The third-order valence-electron chi connectivity index (χ3n) is 5.75. The van der Waals surface area contributed by atoms with Gasteiger partial charge in [-0.05, 0) is 47.8 Å². The van der Waals surface area contributed by atoms with Gasteiger partial charge in [0, 0.05) is 11.1 Å². The van der Waals surface area contributed by atoms with Gasteiger partial charge in [-0.1, -0.05) is 68.4 Å². The predicted molar refractivity (Wildman–Crippen MR) is 132 cm³/mol. The largest absolute Gasteiger partial charge is 0.433 e. The van der Waals surface area contributed by atoms with Crippen molar-refractivity contribution in [3.8, 4) is 11.1 Å². The van der Waals surface area contributed by atoms with Crippen molar-refractivity contribution in [2.75, 3.05) is 0 Å². The van der Waals surface area contributed by atoms with E-state index in [0.29, 0.717) is 0 Å². The van der Waals surface area contributed by atoms with Gasteiger partial charge < -0.3 is 9.53 Å². The van der Waals surface area contributed by atoms with Crippen LogP contribution in [-0.2, 0) is 17.2 Å². The van der Waals surface area contributed by atoms with Crippen molar-refractivity contribution >= 4 is 8.32 Å². The number of aliphatic hydroxyl groups excluding tert-OH is 1. The summed E-state index contributed by atoms with van der Waals surface area (Å²) in [6.45, 7) is 9.14. The maximum atomic E-state index is 14.3. The number of aliphatic hydroxyl groups is 1. The molecule has 36 heavy (non-hydrogen) atoms. The lowest BCUT2D eigenvalue weighted by atomic mass is 9.86. The molecule has 0 saturated heterocycles. The number of alkyl halides is 5. The molecule has 1 aromatic heterocycles. The van der Waals surface area contributed by atoms with Gasteiger partial charge in [-0.3, -0.25) is 0 Å². The van der Waals surface area contributed by atoms with E-state index in [1.165, 1.54) is 12.1 Å². The van der Waals surface area contributed by atoms with Gasteiger partial charge in [0.25, 0.3) is 6.43 Å². The highest BCUT2D eigenvalue weighted by molar-refractivity contribution is 6.69. The standard InChI is InChI=1S/C27H30F5NO2Si/c1-16(2)17-11-13-19(14-12-17)24(34)22-21(18-9-7-6-8-10-18)20(15-35-36(3,4)5)23(26(28)29)33-25(22)27(30,31)32/h6-14,16,24,26,34H,15H2,1-5H3. The molecule has 0 aliphatic rings. The Morgan fingerprint density at radius 3 is 1.94 bits per heavy atom. The van der Waals surface area contributed by atoms with E-state index < -0.39 is 44.0 Å². The average molecular weight is 524 g/mol. The topological polar surface area (TPSA) is 42.4 Å². The molecule has 9 heteroatoms. The molecule has 2 aromatic carbocycles. The molecule has 1 unspecified atom stereocenters. The lowest BCUT2D eigenvalue weighted by molar-refractivity contribution is -0.142. The summed E-state index contributed by atoms with van der Waals surface area (Å²) in [5.74, 6) is 0.180. The first-order valence-electron chi connectivity index (χ1n) is 11.6. The zero-order valence-corrected chi connectivity index (χ0v) is 21.8. The van der Waals surface area contributed by atoms with Crippen molar-refractivity contribution in [2.45, 2.75) is 64.7 Å². The molecule has 0 aliphatic carbocycles. The van der Waals surface area contributed by atoms with Crippen LogP contribution < -0.4 is 0 Å². The molecule has 0 bridgehead atoms. The molecule has 3 aromatic rings. The number of hydrogen-bond acceptors (Lipinski definition) is 3. The Kier molecular flexibility index (Phi) is 8.37. The van der Waals surface area contributed by atoms with Crippen LogP contribution in [0.1, 0.15) is 65.9 Å². The molecule has 0 saturated carbocycles. The Morgan fingerprint density at radius 2 is 1.47 bits per heavy atom. The number of aromatic nitrogens is 1. The van der Waals surface area contributed by atoms with Crippen LogP contribution in [0.3, 0.4) is 0 Å². The first-order chi connectivity index (χ1) is 16.7. The molecule has 3 rings (SSSR count). The molecule has 1 heterocycles. The Balaban J connectivity index is 2.40. The van der Waals surface area contributed by atoms with Crippen molar-refractivity contribution in [1.82, 2.24) is 4.98 Å². The molecule has 0 aliphatic heterocycles. The van der Waals surface area contributed by atoms with E-state index in [1.54, 1.807) is 42.5 Å². The minimum Gasteiger partial charge on any atom is -0.413 e. The molecule has 0 amide bonds. The maximum Gasteiger partial charge on any atom is 0.433 e. The SMILES string of the molecule is CC(C)c1ccc(C(O)c2c(C(F)(F)F)nc(C(F)F)c(CO[Si](C)(C)C)c2-c2ccccc2)cc1. The summed E-state index contributed by atoms with van der Waals surface area (Å²) in [7, 11) is -2.25. The summed E-state index contributed by atoms with van der Waals surface area (Å²) < 4.78 is 77.1. The van der Waals surface area contributed by atoms with Crippen LogP contribution in [0.15, 0.2) is 54.6 Å². The van der Waals surface area contributed by atoms with E-state index in [-0.39, 0.29) is 34.8 Å². The van der Waals surface area contributed by atoms with E-state index in [0.717, 1.165) is 5.56 Å². The van der Waals surface area contributed by atoms with Crippen molar-refractivity contribution in [2.24, 2.45) is 0 Å². The van der Waals surface area contributed by atoms with Crippen LogP contribution in [-0.4, -0.2) is 18.4 Å². The Hall–Kier alpha value is -2.62. The molecular formula is C27H30F5NO2Si. The highest BCUT2D eigenvalue weighted by atomic mass is 28.4. The highest BCUT2D eigenvalue weighted by Crippen LogP contribution is 2.45. The maximum absolute atomic E-state index is 14.3. The molecule has 194 valence electrons. The molecule has 0 fully saturated rings. The summed E-state index contributed by atoms with van der Waals surface area (Å²) in [6.07, 6.45) is -10.1. The number of rotatable bonds is 8. The minimum absolute atomic E-state index is 0.132. The summed E-state index contributed by atoms with van der Waals surface area (Å²) in [4.78, 5) is 3.42. The van der Waals surface area contributed by atoms with E-state index >= 15 is 0 Å². The van der Waals surface area contributed by atoms with Crippen LogP contribution in [0.2, 0.25) is 19.6 Å². The van der Waals surface area contributed by atoms with Crippen LogP contribution >= 0.6 is 0 Å². The lowest BCUT2D eigenvalue weighted by Gasteiger charge is -2.27. The van der Waals surface area contributed by atoms with Crippen molar-refractivity contribution in [1.29, 1.82) is 0 Å². The van der Waals surface area contributed by atoms with E-state index in [4.69, 9.17) is 4.43 Å². The normalized spacial score (nSPS) is 13.5. The smallest absolute Gasteiger partial charge is 0.413 e. The Morgan fingerprint density at radius 1 is 0.917 bits per heavy atom. The van der Waals surface area contributed by atoms with Crippen molar-refractivity contribution < 1.29 is 31.5 Å². The van der Waals surface area contributed by atoms with E-state index in [1.807, 2.05) is 33.5 Å². The van der Waals surface area contributed by atoms with Gasteiger partial charge in [-0.2, -0.15) is 13.2 Å². The van der Waals surface area contributed by atoms with Gasteiger partial charge in [0.1, 0.15) is 11.8 Å². The molecule has 1 N–H and O–H groups in total. The summed E-state index contributed by atoms with van der Waals surface area (Å²) in [5.41, 5.74) is -1.98. The van der Waals surface area contributed by atoms with Crippen LogP contribution in [0.4, 0.5) is 22.0 Å². The minimum atomic E-state index is -5.08. The molecular weight excluding hydrogens is 493 g/mol. The Labute approximate surface area is 209 Å². The average Bonchev–Trinajstić information content (AvgIpc) is 2.80. The second-order valence-electron chi connectivity index (χ2n) is 9.90. The van der Waals surface area contributed by atoms with Gasteiger partial charge in [0.15, 0.2) is 14.0 Å². The van der Waals surface area contributed by atoms with Crippen molar-refractivity contribution in [3.63, 3.8) is 0 Å². The lowest BCUT2D eigenvalue weighted by Crippen LogP contribution is -2.26. The van der Waals surface area contributed by atoms with Gasteiger partial charge in [-0.25, -0.2) is 13.8 Å². The third-order valence-corrected chi connectivity index (χ3v) is 6.76. The Bertz CT molecular complexity index is 1170. The first-order valence-corrected chi connectivity index (χ1v) is 15.0. The first kappa shape index (κ1) is 28.0. The van der Waals surface area contributed by atoms with Gasteiger partial charge in [-0.15, -0.1) is 0 Å². The second kappa shape index (κ2) is 10.8. The summed E-state index contributed by atoms with van der Waals surface area (Å²) >= 11 is 0.